The molecule has 2 aromatic rings. The molecule has 0 aromatic carbocycles. The van der Waals surface area contributed by atoms with Gasteiger partial charge in [-0.3, -0.25) is 4.98 Å². The molecule has 0 saturated heterocycles. The van der Waals surface area contributed by atoms with Crippen molar-refractivity contribution in [3.63, 3.8) is 0 Å². The lowest BCUT2D eigenvalue weighted by molar-refractivity contribution is 0.232. The van der Waals surface area contributed by atoms with E-state index in [2.05, 4.69) is 37.3 Å². The fourth-order valence-corrected chi connectivity index (χ4v) is 2.71. The summed E-state index contributed by atoms with van der Waals surface area (Å²) in [4.78, 5) is 17.9. The topological polar surface area (TPSA) is 57.3 Å². The average Bonchev–Trinajstić information content (AvgIpc) is 3.00. The van der Waals surface area contributed by atoms with Crippen molar-refractivity contribution in [2.75, 3.05) is 20.6 Å². The summed E-state index contributed by atoms with van der Waals surface area (Å²) in [6.07, 6.45) is 3.43. The Bertz CT molecular complexity index is 542. The van der Waals surface area contributed by atoms with Gasteiger partial charge in [0.15, 0.2) is 0 Å². The average molecular weight is 304 g/mol. The van der Waals surface area contributed by atoms with Gasteiger partial charge >= 0.3 is 6.03 Å². The maximum Gasteiger partial charge on any atom is 0.315 e. The molecule has 2 rings (SSSR count). The second kappa shape index (κ2) is 7.75. The first kappa shape index (κ1) is 15.5. The largest absolute Gasteiger partial charge is 0.336 e. The maximum atomic E-state index is 11.9. The molecule has 6 heteroatoms. The number of carbonyl (C=O) groups excluding carboxylic acids is 1. The number of carbonyl (C=O) groups is 1. The number of urea groups is 1. The Balaban J connectivity index is 1.80. The molecule has 0 aliphatic rings. The lowest BCUT2D eigenvalue weighted by atomic mass is 10.1. The van der Waals surface area contributed by atoms with Gasteiger partial charge in [-0.25, -0.2) is 4.79 Å². The minimum absolute atomic E-state index is 0.158. The summed E-state index contributed by atoms with van der Waals surface area (Å²) in [6.45, 7) is 1.07. The zero-order valence-electron chi connectivity index (χ0n) is 12.2. The van der Waals surface area contributed by atoms with Crippen LogP contribution in [0.4, 0.5) is 4.79 Å². The molecule has 0 spiro atoms. The van der Waals surface area contributed by atoms with Crippen LogP contribution in [0.25, 0.3) is 0 Å². The number of likely N-dealkylation sites (N-methyl/N-ethyl adjacent to an activating group) is 1. The predicted octanol–water partition coefficient (Wildman–Crippen LogP) is 2.25. The Hall–Kier alpha value is -1.92. The summed E-state index contributed by atoms with van der Waals surface area (Å²) in [5.74, 6) is 0. The first-order valence-electron chi connectivity index (χ1n) is 6.76. The van der Waals surface area contributed by atoms with Crippen molar-refractivity contribution in [3.05, 3.63) is 52.5 Å². The third-order valence-corrected chi connectivity index (χ3v) is 3.91. The van der Waals surface area contributed by atoms with E-state index in [4.69, 9.17) is 0 Å². The van der Waals surface area contributed by atoms with E-state index in [1.54, 1.807) is 23.7 Å². The predicted molar refractivity (Wildman–Crippen MR) is 85.2 cm³/mol. The third-order valence-electron chi connectivity index (χ3n) is 3.21. The first-order valence-corrected chi connectivity index (χ1v) is 7.70. The fraction of sp³-hybridized carbons (Fsp3) is 0.333. The molecule has 1 atom stereocenters. The standard InChI is InChI=1S/C15H20N4OS/c1-19(2)14(13-5-8-21-11-13)10-18-15(20)17-9-12-3-6-16-7-4-12/h3-8,11,14H,9-10H2,1-2H3,(H2,17,18,20). The second-order valence-corrected chi connectivity index (χ2v) is 5.74. The molecule has 0 bridgehead atoms. The Labute approximate surface area is 129 Å². The van der Waals surface area contributed by atoms with E-state index in [9.17, 15) is 4.79 Å². The summed E-state index contributed by atoms with van der Waals surface area (Å²) >= 11 is 1.67. The molecule has 0 fully saturated rings. The fourth-order valence-electron chi connectivity index (χ4n) is 2.00. The molecule has 2 N–H and O–H groups in total. The van der Waals surface area contributed by atoms with E-state index < -0.39 is 0 Å². The number of nitrogens with one attached hydrogen (secondary N) is 2. The number of amides is 2. The Morgan fingerprint density at radius 3 is 2.67 bits per heavy atom. The minimum Gasteiger partial charge on any atom is -0.336 e. The van der Waals surface area contributed by atoms with Gasteiger partial charge in [0.2, 0.25) is 0 Å². The number of nitrogens with zero attached hydrogens (tertiary/aromatic N) is 2. The molecule has 2 amide bonds. The van der Waals surface area contributed by atoms with Crippen LogP contribution in [0.3, 0.4) is 0 Å². The first-order chi connectivity index (χ1) is 10.2. The third kappa shape index (κ3) is 4.84. The highest BCUT2D eigenvalue weighted by atomic mass is 32.1. The van der Waals surface area contributed by atoms with E-state index in [0.29, 0.717) is 13.1 Å². The summed E-state index contributed by atoms with van der Waals surface area (Å²) < 4.78 is 0. The highest BCUT2D eigenvalue weighted by molar-refractivity contribution is 7.07. The number of rotatable bonds is 6. The molecule has 2 aromatic heterocycles. The van der Waals surface area contributed by atoms with E-state index in [1.165, 1.54) is 5.56 Å². The minimum atomic E-state index is -0.158. The Morgan fingerprint density at radius 2 is 2.05 bits per heavy atom. The monoisotopic (exact) mass is 304 g/mol. The summed E-state index contributed by atoms with van der Waals surface area (Å²) in [5, 5.41) is 9.93. The van der Waals surface area contributed by atoms with Gasteiger partial charge in [0.05, 0.1) is 6.04 Å². The van der Waals surface area contributed by atoms with E-state index >= 15 is 0 Å². The number of thiophene rings is 1. The molecule has 21 heavy (non-hydrogen) atoms. The van der Waals surface area contributed by atoms with Crippen LogP contribution >= 0.6 is 11.3 Å². The van der Waals surface area contributed by atoms with Gasteiger partial charge in [0.1, 0.15) is 0 Å². The van der Waals surface area contributed by atoms with Crippen LogP contribution in [0.1, 0.15) is 17.2 Å². The molecule has 5 nitrogen and oxygen atoms in total. The molecule has 0 saturated carbocycles. The molecule has 1 unspecified atom stereocenters. The van der Waals surface area contributed by atoms with Gasteiger partial charge < -0.3 is 15.5 Å². The molecule has 0 aliphatic heterocycles. The van der Waals surface area contributed by atoms with Crippen molar-refractivity contribution < 1.29 is 4.79 Å². The van der Waals surface area contributed by atoms with Crippen LogP contribution in [0.5, 0.6) is 0 Å². The van der Waals surface area contributed by atoms with E-state index in [1.807, 2.05) is 26.2 Å². The number of hydrogen-bond acceptors (Lipinski definition) is 4. The molecular formula is C15H20N4OS. The molecular weight excluding hydrogens is 284 g/mol. The number of hydrogen-bond donors (Lipinski definition) is 2. The highest BCUT2D eigenvalue weighted by Gasteiger charge is 2.15. The lowest BCUT2D eigenvalue weighted by Gasteiger charge is -2.24. The van der Waals surface area contributed by atoms with Gasteiger partial charge in [-0.2, -0.15) is 11.3 Å². The van der Waals surface area contributed by atoms with Crippen LogP contribution in [0, 0.1) is 0 Å². The molecule has 112 valence electrons. The van der Waals surface area contributed by atoms with Crippen LogP contribution in [-0.4, -0.2) is 36.6 Å². The van der Waals surface area contributed by atoms with Crippen molar-refractivity contribution in [1.82, 2.24) is 20.5 Å². The number of pyridine rings is 1. The maximum absolute atomic E-state index is 11.9. The molecule has 0 aliphatic carbocycles. The SMILES string of the molecule is CN(C)C(CNC(=O)NCc1ccncc1)c1ccsc1. The number of aromatic nitrogens is 1. The zero-order chi connectivity index (χ0) is 15.1. The summed E-state index contributed by atoms with van der Waals surface area (Å²) in [6, 6.07) is 5.88. The summed E-state index contributed by atoms with van der Waals surface area (Å²) in [5.41, 5.74) is 2.25. The molecule has 2 heterocycles. The van der Waals surface area contributed by atoms with Crippen molar-refractivity contribution in [2.45, 2.75) is 12.6 Å². The van der Waals surface area contributed by atoms with Gasteiger partial charge in [-0.1, -0.05) is 0 Å². The van der Waals surface area contributed by atoms with Crippen molar-refractivity contribution in [2.24, 2.45) is 0 Å². The van der Waals surface area contributed by atoms with E-state index in [0.717, 1.165) is 5.56 Å². The van der Waals surface area contributed by atoms with E-state index in [-0.39, 0.29) is 12.1 Å². The Morgan fingerprint density at radius 1 is 1.29 bits per heavy atom. The van der Waals surface area contributed by atoms with Crippen molar-refractivity contribution in [3.8, 4) is 0 Å². The summed E-state index contributed by atoms with van der Waals surface area (Å²) in [7, 11) is 4.03. The normalized spacial score (nSPS) is 12.1. The van der Waals surface area contributed by atoms with Crippen LogP contribution in [0.15, 0.2) is 41.4 Å². The van der Waals surface area contributed by atoms with Crippen molar-refractivity contribution >= 4 is 17.4 Å². The quantitative estimate of drug-likeness (QED) is 0.860. The van der Waals surface area contributed by atoms with Gasteiger partial charge in [0, 0.05) is 25.5 Å². The Kier molecular flexibility index (Phi) is 5.71. The lowest BCUT2D eigenvalue weighted by Crippen LogP contribution is -2.40. The van der Waals surface area contributed by atoms with Gasteiger partial charge in [0.25, 0.3) is 0 Å². The molecule has 0 radical (unpaired) electrons. The van der Waals surface area contributed by atoms with Crippen LogP contribution in [-0.2, 0) is 6.54 Å². The van der Waals surface area contributed by atoms with Crippen LogP contribution in [0.2, 0.25) is 0 Å². The smallest absolute Gasteiger partial charge is 0.315 e. The van der Waals surface area contributed by atoms with Crippen molar-refractivity contribution in [1.29, 1.82) is 0 Å². The van der Waals surface area contributed by atoms with Gasteiger partial charge in [-0.15, -0.1) is 0 Å². The second-order valence-electron chi connectivity index (χ2n) is 4.96. The highest BCUT2D eigenvalue weighted by Crippen LogP contribution is 2.19. The van der Waals surface area contributed by atoms with Gasteiger partial charge in [-0.05, 0) is 54.2 Å². The van der Waals surface area contributed by atoms with Crippen LogP contribution < -0.4 is 10.6 Å². The zero-order valence-corrected chi connectivity index (χ0v) is 13.1.